The van der Waals surface area contributed by atoms with Crippen molar-refractivity contribution in [1.82, 2.24) is 4.98 Å². The van der Waals surface area contributed by atoms with Crippen molar-refractivity contribution in [2.75, 3.05) is 6.54 Å². The van der Waals surface area contributed by atoms with Crippen LogP contribution in [-0.4, -0.2) is 11.5 Å². The summed E-state index contributed by atoms with van der Waals surface area (Å²) in [7, 11) is 0. The van der Waals surface area contributed by atoms with E-state index in [2.05, 4.69) is 4.98 Å². The second kappa shape index (κ2) is 7.09. The Labute approximate surface area is 148 Å². The summed E-state index contributed by atoms with van der Waals surface area (Å²) < 4.78 is 27.5. The molecular weight excluding hydrogens is 353 g/mol. The van der Waals surface area contributed by atoms with Crippen molar-refractivity contribution in [1.29, 1.82) is 0 Å². The molecule has 0 saturated heterocycles. The Balaban J connectivity index is 2.24. The van der Waals surface area contributed by atoms with Gasteiger partial charge in [-0.05, 0) is 55.6 Å². The van der Waals surface area contributed by atoms with Crippen molar-refractivity contribution in [2.45, 2.75) is 19.3 Å². The molecule has 3 rings (SSSR count). The molecule has 2 nitrogen and oxygen atoms in total. The van der Waals surface area contributed by atoms with Crippen molar-refractivity contribution < 1.29 is 8.78 Å². The molecule has 0 radical (unpaired) electrons. The van der Waals surface area contributed by atoms with Gasteiger partial charge in [-0.2, -0.15) is 0 Å². The highest BCUT2D eigenvalue weighted by Gasteiger charge is 2.19. The number of unbranched alkanes of at least 4 members (excludes halogenated alkanes) is 1. The summed E-state index contributed by atoms with van der Waals surface area (Å²) in [6.45, 7) is 0.580. The summed E-state index contributed by atoms with van der Waals surface area (Å²) in [4.78, 5) is 3.17. The monoisotopic (exact) mass is 368 g/mol. The highest BCUT2D eigenvalue weighted by molar-refractivity contribution is 6.40. The van der Waals surface area contributed by atoms with Crippen molar-refractivity contribution >= 4 is 34.1 Å². The number of H-pyrrole nitrogens is 1. The molecule has 0 amide bonds. The minimum atomic E-state index is -0.631. The normalized spacial score (nSPS) is 11.4. The van der Waals surface area contributed by atoms with Crippen LogP contribution in [0.1, 0.15) is 18.4 Å². The molecule has 0 aliphatic carbocycles. The molecule has 1 heterocycles. The van der Waals surface area contributed by atoms with E-state index in [4.69, 9.17) is 28.9 Å². The Kier molecular flexibility index (Phi) is 5.09. The predicted molar refractivity (Wildman–Crippen MR) is 95.7 cm³/mol. The van der Waals surface area contributed by atoms with Crippen LogP contribution in [0, 0.1) is 11.6 Å². The van der Waals surface area contributed by atoms with E-state index in [1.807, 2.05) is 0 Å². The standard InChI is InChI=1S/C18H16Cl2F2N2/c19-13-6-7-14(20)18-16(13)12(3-1-2-8-23)17(24-18)11-5-4-10(21)9-15(11)22/h4-7,9,24H,1-3,8,23H2. The van der Waals surface area contributed by atoms with Gasteiger partial charge in [-0.25, -0.2) is 8.78 Å². The molecule has 0 fully saturated rings. The third-order valence-electron chi connectivity index (χ3n) is 4.04. The number of rotatable bonds is 5. The van der Waals surface area contributed by atoms with E-state index in [-0.39, 0.29) is 0 Å². The molecule has 3 aromatic rings. The van der Waals surface area contributed by atoms with E-state index in [1.54, 1.807) is 12.1 Å². The van der Waals surface area contributed by atoms with Crippen molar-refractivity contribution in [3.63, 3.8) is 0 Å². The molecule has 0 bridgehead atoms. The predicted octanol–water partition coefficient (Wildman–Crippen LogP) is 5.70. The van der Waals surface area contributed by atoms with Gasteiger partial charge in [0.15, 0.2) is 0 Å². The lowest BCUT2D eigenvalue weighted by molar-refractivity contribution is 0.585. The van der Waals surface area contributed by atoms with Crippen molar-refractivity contribution in [3.05, 3.63) is 57.6 Å². The second-order valence-electron chi connectivity index (χ2n) is 5.63. The van der Waals surface area contributed by atoms with E-state index in [9.17, 15) is 8.78 Å². The lowest BCUT2D eigenvalue weighted by atomic mass is 10.00. The molecule has 6 heteroatoms. The minimum Gasteiger partial charge on any atom is -0.353 e. The first-order valence-electron chi connectivity index (χ1n) is 7.67. The number of aryl methyl sites for hydroxylation is 1. The summed E-state index contributed by atoms with van der Waals surface area (Å²) in [6, 6.07) is 6.93. The van der Waals surface area contributed by atoms with Crippen molar-refractivity contribution in [2.24, 2.45) is 5.73 Å². The number of aromatic nitrogens is 1. The highest BCUT2D eigenvalue weighted by atomic mass is 35.5. The number of hydrogen-bond acceptors (Lipinski definition) is 1. The number of hydrogen-bond donors (Lipinski definition) is 2. The molecule has 0 aliphatic rings. The van der Waals surface area contributed by atoms with Crippen LogP contribution in [0.3, 0.4) is 0 Å². The Bertz CT molecular complexity index is 890. The van der Waals surface area contributed by atoms with Crippen LogP contribution in [0.5, 0.6) is 0 Å². The average molecular weight is 369 g/mol. The van der Waals surface area contributed by atoms with Crippen LogP contribution in [0.2, 0.25) is 10.0 Å². The number of halogens is 4. The average Bonchev–Trinajstić information content (AvgIpc) is 2.92. The molecule has 0 aliphatic heterocycles. The first-order valence-corrected chi connectivity index (χ1v) is 8.42. The molecule has 2 aromatic carbocycles. The van der Waals surface area contributed by atoms with Crippen LogP contribution < -0.4 is 5.73 Å². The zero-order valence-corrected chi connectivity index (χ0v) is 14.3. The lowest BCUT2D eigenvalue weighted by Crippen LogP contribution is -1.99. The van der Waals surface area contributed by atoms with E-state index in [1.165, 1.54) is 12.1 Å². The molecule has 126 valence electrons. The van der Waals surface area contributed by atoms with Crippen molar-refractivity contribution in [3.8, 4) is 11.3 Å². The summed E-state index contributed by atoms with van der Waals surface area (Å²) in [5.74, 6) is -1.25. The fourth-order valence-electron chi connectivity index (χ4n) is 2.91. The zero-order chi connectivity index (χ0) is 17.3. The van der Waals surface area contributed by atoms with Crippen LogP contribution >= 0.6 is 23.2 Å². The number of aromatic amines is 1. The fraction of sp³-hybridized carbons (Fsp3) is 0.222. The number of nitrogens with two attached hydrogens (primary N) is 1. The maximum absolute atomic E-state index is 14.3. The lowest BCUT2D eigenvalue weighted by Gasteiger charge is -2.07. The SMILES string of the molecule is NCCCCc1c(-c2ccc(F)cc2F)[nH]c2c(Cl)ccc(Cl)c12. The quantitative estimate of drug-likeness (QED) is 0.557. The molecular formula is C18H16Cl2F2N2. The Morgan fingerprint density at radius 2 is 1.75 bits per heavy atom. The van der Waals surface area contributed by atoms with Gasteiger partial charge in [0.25, 0.3) is 0 Å². The summed E-state index contributed by atoms with van der Waals surface area (Å²) in [5, 5.41) is 1.82. The number of benzene rings is 2. The van der Waals surface area contributed by atoms with E-state index < -0.39 is 11.6 Å². The molecule has 0 saturated carbocycles. The van der Waals surface area contributed by atoms with Gasteiger partial charge in [0.05, 0.1) is 21.3 Å². The molecule has 0 unspecified atom stereocenters. The molecule has 0 atom stereocenters. The third kappa shape index (κ3) is 3.14. The Hall–Kier alpha value is -1.62. The van der Waals surface area contributed by atoms with Crippen LogP contribution in [0.15, 0.2) is 30.3 Å². The van der Waals surface area contributed by atoms with E-state index >= 15 is 0 Å². The Morgan fingerprint density at radius 3 is 2.46 bits per heavy atom. The van der Waals surface area contributed by atoms with Gasteiger partial charge >= 0.3 is 0 Å². The highest BCUT2D eigenvalue weighted by Crippen LogP contribution is 2.39. The zero-order valence-electron chi connectivity index (χ0n) is 12.8. The number of fused-ring (bicyclic) bond motifs is 1. The fourth-order valence-corrected chi connectivity index (χ4v) is 3.39. The van der Waals surface area contributed by atoms with Gasteiger partial charge in [0, 0.05) is 17.0 Å². The first kappa shape index (κ1) is 17.2. The molecule has 1 aromatic heterocycles. The summed E-state index contributed by atoms with van der Waals surface area (Å²) in [5.41, 5.74) is 7.97. The third-order valence-corrected chi connectivity index (χ3v) is 4.67. The van der Waals surface area contributed by atoms with Gasteiger partial charge in [0.1, 0.15) is 11.6 Å². The van der Waals surface area contributed by atoms with Gasteiger partial charge in [-0.3, -0.25) is 0 Å². The van der Waals surface area contributed by atoms with Gasteiger partial charge in [-0.15, -0.1) is 0 Å². The molecule has 3 N–H and O–H groups in total. The summed E-state index contributed by atoms with van der Waals surface area (Å²) in [6.07, 6.45) is 2.35. The minimum absolute atomic E-state index is 0.294. The maximum Gasteiger partial charge on any atom is 0.135 e. The van der Waals surface area contributed by atoms with Crippen LogP contribution in [-0.2, 0) is 6.42 Å². The first-order chi connectivity index (χ1) is 11.5. The number of nitrogens with one attached hydrogen (secondary N) is 1. The Morgan fingerprint density at radius 1 is 1.00 bits per heavy atom. The largest absolute Gasteiger partial charge is 0.353 e. The molecule has 24 heavy (non-hydrogen) atoms. The topological polar surface area (TPSA) is 41.8 Å². The smallest absolute Gasteiger partial charge is 0.135 e. The van der Waals surface area contributed by atoms with Crippen LogP contribution in [0.25, 0.3) is 22.2 Å². The van der Waals surface area contributed by atoms with E-state index in [0.717, 1.165) is 29.9 Å². The van der Waals surface area contributed by atoms with Gasteiger partial charge in [-0.1, -0.05) is 23.2 Å². The molecule has 0 spiro atoms. The van der Waals surface area contributed by atoms with E-state index in [0.29, 0.717) is 39.8 Å². The van der Waals surface area contributed by atoms with Crippen LogP contribution in [0.4, 0.5) is 8.78 Å². The van der Waals surface area contributed by atoms with Gasteiger partial charge in [0.2, 0.25) is 0 Å². The van der Waals surface area contributed by atoms with Gasteiger partial charge < -0.3 is 10.7 Å². The second-order valence-corrected chi connectivity index (χ2v) is 6.44. The maximum atomic E-state index is 14.3. The summed E-state index contributed by atoms with van der Waals surface area (Å²) >= 11 is 12.6.